The fraction of sp³-hybridized carbons (Fsp3) is 0.100. The van der Waals surface area contributed by atoms with Crippen LogP contribution in [0.15, 0.2) is 32.7 Å². The Morgan fingerprint density at radius 1 is 1.47 bits per heavy atom. The average Bonchev–Trinajstić information content (AvgIpc) is 2.67. The molecule has 0 saturated heterocycles. The van der Waals surface area contributed by atoms with E-state index < -0.39 is 11.8 Å². The lowest BCUT2D eigenvalue weighted by molar-refractivity contribution is 0.0692. The first-order valence-corrected chi connectivity index (χ1v) is 5.39. The van der Waals surface area contributed by atoms with E-state index in [0.717, 1.165) is 11.8 Å². The first kappa shape index (κ1) is 11.6. The maximum absolute atomic E-state index is 13.5. The normalized spacial score (nSPS) is 10.5. The molecule has 0 amide bonds. The minimum atomic E-state index is -1.21. The first-order chi connectivity index (χ1) is 8.08. The zero-order valence-corrected chi connectivity index (χ0v) is 9.49. The van der Waals surface area contributed by atoms with Crippen molar-refractivity contribution in [3.8, 4) is 0 Å². The van der Waals surface area contributed by atoms with Crippen LogP contribution in [0, 0.1) is 12.7 Å². The Morgan fingerprint density at radius 3 is 2.82 bits per heavy atom. The number of aromatic carboxylic acids is 1. The Morgan fingerprint density at radius 2 is 2.24 bits per heavy atom. The summed E-state index contributed by atoms with van der Waals surface area (Å²) < 4.78 is 18.6. The van der Waals surface area contributed by atoms with Crippen LogP contribution in [0.3, 0.4) is 0 Å². The summed E-state index contributed by atoms with van der Waals surface area (Å²) in [5.41, 5.74) is -0.133. The van der Waals surface area contributed by atoms with Gasteiger partial charge in [0.05, 0.1) is 10.5 Å². The fourth-order valence-electron chi connectivity index (χ4n) is 1.19. The third-order valence-electron chi connectivity index (χ3n) is 1.89. The Labute approximate surface area is 99.7 Å². The molecule has 7 heteroatoms. The maximum Gasteiger partial charge on any atom is 0.336 e. The molecule has 2 rings (SSSR count). The lowest BCUT2D eigenvalue weighted by atomic mass is 10.2. The van der Waals surface area contributed by atoms with Crippen molar-refractivity contribution in [2.75, 3.05) is 0 Å². The number of carbonyl (C=O) groups is 1. The van der Waals surface area contributed by atoms with E-state index in [2.05, 4.69) is 10.2 Å². The standard InChI is InChI=1S/C10H7FN2O3S/c1-5-12-13-10(16-5)17-8-6(9(14)15)3-2-4-7(8)11/h2-4H,1H3,(H,14,15). The van der Waals surface area contributed by atoms with E-state index in [0.29, 0.717) is 5.89 Å². The zero-order chi connectivity index (χ0) is 12.4. The molecule has 0 radical (unpaired) electrons. The molecule has 0 spiro atoms. The van der Waals surface area contributed by atoms with Crippen molar-refractivity contribution < 1.29 is 18.7 Å². The summed E-state index contributed by atoms with van der Waals surface area (Å²) in [6, 6.07) is 3.83. The molecule has 1 aromatic heterocycles. The summed E-state index contributed by atoms with van der Waals surface area (Å²) in [5.74, 6) is -1.50. The van der Waals surface area contributed by atoms with Gasteiger partial charge in [-0.1, -0.05) is 6.07 Å². The molecule has 0 saturated carbocycles. The quantitative estimate of drug-likeness (QED) is 0.906. The van der Waals surface area contributed by atoms with Crippen LogP contribution in [0.4, 0.5) is 4.39 Å². The van der Waals surface area contributed by atoms with E-state index in [1.165, 1.54) is 18.2 Å². The average molecular weight is 254 g/mol. The summed E-state index contributed by atoms with van der Waals surface area (Å²) in [4.78, 5) is 10.9. The zero-order valence-electron chi connectivity index (χ0n) is 8.68. The lowest BCUT2D eigenvalue weighted by Crippen LogP contribution is -2.00. The van der Waals surface area contributed by atoms with Gasteiger partial charge in [0.25, 0.3) is 5.22 Å². The van der Waals surface area contributed by atoms with E-state index in [-0.39, 0.29) is 15.7 Å². The second kappa shape index (κ2) is 4.54. The maximum atomic E-state index is 13.5. The highest BCUT2D eigenvalue weighted by atomic mass is 32.2. The van der Waals surface area contributed by atoms with Gasteiger partial charge in [-0.25, -0.2) is 9.18 Å². The molecule has 0 atom stereocenters. The van der Waals surface area contributed by atoms with E-state index in [1.807, 2.05) is 0 Å². The highest BCUT2D eigenvalue weighted by molar-refractivity contribution is 7.99. The SMILES string of the molecule is Cc1nnc(Sc2c(F)cccc2C(=O)O)o1. The summed E-state index contributed by atoms with van der Waals surface area (Å²) >= 11 is 0.794. The van der Waals surface area contributed by atoms with Crippen molar-refractivity contribution in [3.05, 3.63) is 35.5 Å². The van der Waals surface area contributed by atoms with Gasteiger partial charge in [-0.15, -0.1) is 10.2 Å². The van der Waals surface area contributed by atoms with Crippen molar-refractivity contribution in [2.45, 2.75) is 17.0 Å². The third kappa shape index (κ3) is 2.44. The number of carboxylic acid groups (broad SMARTS) is 1. The molecular formula is C10H7FN2O3S. The summed E-state index contributed by atoms with van der Waals surface area (Å²) in [5, 5.41) is 16.3. The van der Waals surface area contributed by atoms with Gasteiger partial charge in [-0.05, 0) is 23.9 Å². The number of aryl methyl sites for hydroxylation is 1. The Kier molecular flexibility index (Phi) is 3.10. The smallest absolute Gasteiger partial charge is 0.336 e. The largest absolute Gasteiger partial charge is 0.478 e. The van der Waals surface area contributed by atoms with Crippen LogP contribution in [0.25, 0.3) is 0 Å². The molecule has 0 unspecified atom stereocenters. The van der Waals surface area contributed by atoms with Crippen LogP contribution in [-0.2, 0) is 0 Å². The van der Waals surface area contributed by atoms with E-state index in [9.17, 15) is 9.18 Å². The van der Waals surface area contributed by atoms with Crippen molar-refractivity contribution in [1.29, 1.82) is 0 Å². The summed E-state index contributed by atoms with van der Waals surface area (Å²) in [6.45, 7) is 1.59. The number of rotatable bonds is 3. The molecule has 88 valence electrons. The minimum Gasteiger partial charge on any atom is -0.478 e. The molecule has 0 aliphatic carbocycles. The van der Waals surface area contributed by atoms with Crippen molar-refractivity contribution in [2.24, 2.45) is 0 Å². The minimum absolute atomic E-state index is 0.0383. The molecule has 5 nitrogen and oxygen atoms in total. The Hall–Kier alpha value is -1.89. The predicted molar refractivity (Wildman–Crippen MR) is 56.5 cm³/mol. The molecule has 2 aromatic rings. The van der Waals surface area contributed by atoms with Crippen LogP contribution in [0.2, 0.25) is 0 Å². The molecule has 0 fully saturated rings. The van der Waals surface area contributed by atoms with Crippen molar-refractivity contribution >= 4 is 17.7 Å². The summed E-state index contributed by atoms with van der Waals surface area (Å²) in [7, 11) is 0. The predicted octanol–water partition coefficient (Wildman–Crippen LogP) is 2.37. The number of aromatic nitrogens is 2. The second-order valence-corrected chi connectivity index (χ2v) is 4.07. The lowest BCUT2D eigenvalue weighted by Gasteiger charge is -2.03. The number of carboxylic acids is 1. The molecule has 1 N–H and O–H groups in total. The van der Waals surface area contributed by atoms with Gasteiger partial charge in [0.1, 0.15) is 5.82 Å². The molecule has 1 heterocycles. The Bertz CT molecular complexity index is 570. The number of halogens is 1. The summed E-state index contributed by atoms with van der Waals surface area (Å²) in [6.07, 6.45) is 0. The van der Waals surface area contributed by atoms with Gasteiger partial charge < -0.3 is 9.52 Å². The highest BCUT2D eigenvalue weighted by Crippen LogP contribution is 2.31. The number of hydrogen-bond donors (Lipinski definition) is 1. The van der Waals surface area contributed by atoms with Crippen LogP contribution < -0.4 is 0 Å². The van der Waals surface area contributed by atoms with Gasteiger partial charge in [0, 0.05) is 6.92 Å². The van der Waals surface area contributed by atoms with Crippen LogP contribution in [0.5, 0.6) is 0 Å². The number of hydrogen-bond acceptors (Lipinski definition) is 5. The highest BCUT2D eigenvalue weighted by Gasteiger charge is 2.17. The van der Waals surface area contributed by atoms with Crippen LogP contribution in [0.1, 0.15) is 16.2 Å². The second-order valence-electron chi connectivity index (χ2n) is 3.11. The van der Waals surface area contributed by atoms with E-state index in [4.69, 9.17) is 9.52 Å². The van der Waals surface area contributed by atoms with Gasteiger partial charge in [-0.3, -0.25) is 0 Å². The topological polar surface area (TPSA) is 76.2 Å². The first-order valence-electron chi connectivity index (χ1n) is 4.57. The molecular weight excluding hydrogens is 247 g/mol. The van der Waals surface area contributed by atoms with E-state index in [1.54, 1.807) is 6.92 Å². The molecule has 0 bridgehead atoms. The fourth-order valence-corrected chi connectivity index (χ4v) is 2.04. The van der Waals surface area contributed by atoms with Gasteiger partial charge in [0.15, 0.2) is 0 Å². The van der Waals surface area contributed by atoms with Crippen molar-refractivity contribution in [3.63, 3.8) is 0 Å². The number of benzene rings is 1. The van der Waals surface area contributed by atoms with Gasteiger partial charge in [-0.2, -0.15) is 0 Å². The van der Waals surface area contributed by atoms with E-state index >= 15 is 0 Å². The monoisotopic (exact) mass is 254 g/mol. The van der Waals surface area contributed by atoms with Crippen LogP contribution >= 0.6 is 11.8 Å². The number of nitrogens with zero attached hydrogens (tertiary/aromatic N) is 2. The Balaban J connectivity index is 2.40. The van der Waals surface area contributed by atoms with Crippen LogP contribution in [-0.4, -0.2) is 21.3 Å². The molecule has 0 aliphatic rings. The molecule has 17 heavy (non-hydrogen) atoms. The molecule has 0 aliphatic heterocycles. The van der Waals surface area contributed by atoms with Crippen molar-refractivity contribution in [1.82, 2.24) is 10.2 Å². The third-order valence-corrected chi connectivity index (χ3v) is 2.85. The van der Waals surface area contributed by atoms with Gasteiger partial charge in [0.2, 0.25) is 5.89 Å². The van der Waals surface area contributed by atoms with Gasteiger partial charge >= 0.3 is 5.97 Å². The molecule has 1 aromatic carbocycles.